The summed E-state index contributed by atoms with van der Waals surface area (Å²) in [4.78, 5) is 14.1. The van der Waals surface area contributed by atoms with Gasteiger partial charge in [0, 0.05) is 31.2 Å². The average Bonchev–Trinajstić information content (AvgIpc) is 2.23. The van der Waals surface area contributed by atoms with Crippen LogP contribution in [0, 0.1) is 0 Å². The third-order valence-electron chi connectivity index (χ3n) is 3.37. The normalized spacial score (nSPS) is 27.8. The third kappa shape index (κ3) is 5.04. The number of carbonyl (C=O) groups is 1. The standard InChI is InChI=1S/C13H27N3O/c1-5-6-10(2)15-13(17)9-16-8-11(3)14-7-12(16)4/h10-12,14H,5-9H2,1-4H3,(H,15,17). The molecule has 1 heterocycles. The maximum atomic E-state index is 11.9. The van der Waals surface area contributed by atoms with E-state index in [1.807, 2.05) is 0 Å². The minimum Gasteiger partial charge on any atom is -0.353 e. The SMILES string of the molecule is CCCC(C)NC(=O)CN1CC(C)NCC1C. The van der Waals surface area contributed by atoms with Gasteiger partial charge >= 0.3 is 0 Å². The molecule has 1 aliphatic rings. The minimum atomic E-state index is 0.159. The molecule has 1 fully saturated rings. The van der Waals surface area contributed by atoms with Crippen molar-refractivity contribution in [3.05, 3.63) is 0 Å². The van der Waals surface area contributed by atoms with E-state index in [9.17, 15) is 4.79 Å². The van der Waals surface area contributed by atoms with E-state index in [0.717, 1.165) is 25.9 Å². The highest BCUT2D eigenvalue weighted by Gasteiger charge is 2.24. The lowest BCUT2D eigenvalue weighted by atomic mass is 10.1. The largest absolute Gasteiger partial charge is 0.353 e. The number of piperazine rings is 1. The van der Waals surface area contributed by atoms with Gasteiger partial charge in [0.2, 0.25) is 5.91 Å². The van der Waals surface area contributed by atoms with Gasteiger partial charge in [-0.05, 0) is 27.2 Å². The lowest BCUT2D eigenvalue weighted by Gasteiger charge is -2.37. The molecule has 0 aromatic carbocycles. The minimum absolute atomic E-state index is 0.159. The third-order valence-corrected chi connectivity index (χ3v) is 3.37. The van der Waals surface area contributed by atoms with E-state index in [0.29, 0.717) is 24.7 Å². The van der Waals surface area contributed by atoms with Crippen molar-refractivity contribution in [1.29, 1.82) is 0 Å². The number of carbonyl (C=O) groups excluding carboxylic acids is 1. The summed E-state index contributed by atoms with van der Waals surface area (Å²) in [6.45, 7) is 11.0. The molecule has 0 aliphatic carbocycles. The van der Waals surface area contributed by atoms with Gasteiger partial charge in [-0.3, -0.25) is 9.69 Å². The van der Waals surface area contributed by atoms with Crippen molar-refractivity contribution >= 4 is 5.91 Å². The topological polar surface area (TPSA) is 44.4 Å². The van der Waals surface area contributed by atoms with E-state index in [2.05, 4.69) is 43.2 Å². The molecular weight excluding hydrogens is 214 g/mol. The summed E-state index contributed by atoms with van der Waals surface area (Å²) in [6, 6.07) is 1.22. The van der Waals surface area contributed by atoms with E-state index in [1.165, 1.54) is 0 Å². The zero-order chi connectivity index (χ0) is 12.8. The second-order valence-corrected chi connectivity index (χ2v) is 5.34. The first-order chi connectivity index (χ1) is 8.02. The van der Waals surface area contributed by atoms with Gasteiger partial charge in [0.1, 0.15) is 0 Å². The number of rotatable bonds is 5. The van der Waals surface area contributed by atoms with E-state index >= 15 is 0 Å². The van der Waals surface area contributed by atoms with Crippen LogP contribution in [0.4, 0.5) is 0 Å². The second-order valence-electron chi connectivity index (χ2n) is 5.34. The Bertz CT molecular complexity index is 245. The molecule has 0 aromatic heterocycles. The van der Waals surface area contributed by atoms with Gasteiger partial charge in [-0.25, -0.2) is 0 Å². The van der Waals surface area contributed by atoms with Gasteiger partial charge in [0.05, 0.1) is 6.54 Å². The predicted octanol–water partition coefficient (Wildman–Crippen LogP) is 0.973. The molecule has 3 atom stereocenters. The quantitative estimate of drug-likeness (QED) is 0.754. The zero-order valence-electron chi connectivity index (χ0n) is 11.6. The molecule has 17 heavy (non-hydrogen) atoms. The molecule has 1 aliphatic heterocycles. The average molecular weight is 241 g/mol. The molecule has 1 amide bonds. The number of amides is 1. The van der Waals surface area contributed by atoms with E-state index in [-0.39, 0.29) is 5.91 Å². The molecule has 3 unspecified atom stereocenters. The van der Waals surface area contributed by atoms with E-state index < -0.39 is 0 Å². The summed E-state index contributed by atoms with van der Waals surface area (Å²) in [5, 5.41) is 6.49. The van der Waals surface area contributed by atoms with E-state index in [1.54, 1.807) is 0 Å². The number of hydrogen-bond acceptors (Lipinski definition) is 3. The van der Waals surface area contributed by atoms with Crippen LogP contribution in [0.3, 0.4) is 0 Å². The summed E-state index contributed by atoms with van der Waals surface area (Å²) < 4.78 is 0. The summed E-state index contributed by atoms with van der Waals surface area (Å²) in [5.74, 6) is 0.159. The Morgan fingerprint density at radius 2 is 2.24 bits per heavy atom. The first-order valence-electron chi connectivity index (χ1n) is 6.79. The van der Waals surface area contributed by atoms with Crippen molar-refractivity contribution in [2.75, 3.05) is 19.6 Å². The molecule has 1 rings (SSSR count). The fourth-order valence-corrected chi connectivity index (χ4v) is 2.33. The van der Waals surface area contributed by atoms with Crippen molar-refractivity contribution in [1.82, 2.24) is 15.5 Å². The van der Waals surface area contributed by atoms with Gasteiger partial charge in [0.15, 0.2) is 0 Å². The van der Waals surface area contributed by atoms with Crippen LogP contribution in [-0.2, 0) is 4.79 Å². The van der Waals surface area contributed by atoms with Crippen molar-refractivity contribution in [2.24, 2.45) is 0 Å². The van der Waals surface area contributed by atoms with Crippen LogP contribution in [-0.4, -0.2) is 48.6 Å². The Morgan fingerprint density at radius 1 is 1.53 bits per heavy atom. The molecule has 0 saturated carbocycles. The molecule has 0 spiro atoms. The second kappa shape index (κ2) is 6.97. The maximum Gasteiger partial charge on any atom is 0.234 e. The molecule has 4 nitrogen and oxygen atoms in total. The Morgan fingerprint density at radius 3 is 2.88 bits per heavy atom. The van der Waals surface area contributed by atoms with Crippen LogP contribution in [0.1, 0.15) is 40.5 Å². The highest BCUT2D eigenvalue weighted by Crippen LogP contribution is 2.06. The highest BCUT2D eigenvalue weighted by molar-refractivity contribution is 5.78. The smallest absolute Gasteiger partial charge is 0.234 e. The summed E-state index contributed by atoms with van der Waals surface area (Å²) in [6.07, 6.45) is 2.17. The number of hydrogen-bond donors (Lipinski definition) is 2. The first kappa shape index (κ1) is 14.5. The molecular formula is C13H27N3O. The predicted molar refractivity (Wildman–Crippen MR) is 71.0 cm³/mol. The lowest BCUT2D eigenvalue weighted by Crippen LogP contribution is -2.56. The molecule has 100 valence electrons. The van der Waals surface area contributed by atoms with Gasteiger partial charge in [-0.15, -0.1) is 0 Å². The maximum absolute atomic E-state index is 11.9. The van der Waals surface area contributed by atoms with Crippen molar-refractivity contribution < 1.29 is 4.79 Å². The van der Waals surface area contributed by atoms with Crippen molar-refractivity contribution in [2.45, 2.75) is 58.7 Å². The van der Waals surface area contributed by atoms with Gasteiger partial charge in [-0.1, -0.05) is 13.3 Å². The first-order valence-corrected chi connectivity index (χ1v) is 6.79. The van der Waals surface area contributed by atoms with Gasteiger partial charge < -0.3 is 10.6 Å². The van der Waals surface area contributed by atoms with Crippen LogP contribution in [0.5, 0.6) is 0 Å². The molecule has 0 radical (unpaired) electrons. The Hall–Kier alpha value is -0.610. The van der Waals surface area contributed by atoms with Gasteiger partial charge in [0.25, 0.3) is 0 Å². The van der Waals surface area contributed by atoms with Crippen molar-refractivity contribution in [3.8, 4) is 0 Å². The molecule has 4 heteroatoms. The molecule has 0 aromatic rings. The summed E-state index contributed by atoms with van der Waals surface area (Å²) >= 11 is 0. The van der Waals surface area contributed by atoms with Crippen LogP contribution in [0.25, 0.3) is 0 Å². The van der Waals surface area contributed by atoms with Crippen LogP contribution in [0.15, 0.2) is 0 Å². The van der Waals surface area contributed by atoms with Crippen LogP contribution < -0.4 is 10.6 Å². The monoisotopic (exact) mass is 241 g/mol. The van der Waals surface area contributed by atoms with Crippen molar-refractivity contribution in [3.63, 3.8) is 0 Å². The number of nitrogens with zero attached hydrogens (tertiary/aromatic N) is 1. The fourth-order valence-electron chi connectivity index (χ4n) is 2.33. The summed E-state index contributed by atoms with van der Waals surface area (Å²) in [5.41, 5.74) is 0. The van der Waals surface area contributed by atoms with Crippen LogP contribution in [0.2, 0.25) is 0 Å². The Labute approximate surface area is 105 Å². The highest BCUT2D eigenvalue weighted by atomic mass is 16.2. The number of nitrogens with one attached hydrogen (secondary N) is 2. The zero-order valence-corrected chi connectivity index (χ0v) is 11.6. The summed E-state index contributed by atoms with van der Waals surface area (Å²) in [7, 11) is 0. The van der Waals surface area contributed by atoms with Crippen LogP contribution >= 0.6 is 0 Å². The molecule has 1 saturated heterocycles. The fraction of sp³-hybridized carbons (Fsp3) is 0.923. The molecule has 0 bridgehead atoms. The van der Waals surface area contributed by atoms with Gasteiger partial charge in [-0.2, -0.15) is 0 Å². The lowest BCUT2D eigenvalue weighted by molar-refractivity contribution is -0.123. The molecule has 2 N–H and O–H groups in total. The Balaban J connectivity index is 2.33. The van der Waals surface area contributed by atoms with E-state index in [4.69, 9.17) is 0 Å². The Kier molecular flexibility index (Phi) is 5.92.